The van der Waals surface area contributed by atoms with Gasteiger partial charge >= 0.3 is 5.97 Å². The highest BCUT2D eigenvalue weighted by molar-refractivity contribution is 7.15. The first-order valence-corrected chi connectivity index (χ1v) is 29.2. The number of amides is 2. The van der Waals surface area contributed by atoms with Crippen molar-refractivity contribution in [2.45, 2.75) is 125 Å². The van der Waals surface area contributed by atoms with Crippen LogP contribution in [0.15, 0.2) is 152 Å². The zero-order valence-corrected chi connectivity index (χ0v) is 46.1. The van der Waals surface area contributed by atoms with Crippen LogP contribution in [-0.4, -0.2) is 79.7 Å². The predicted molar refractivity (Wildman–Crippen MR) is 303 cm³/mol. The van der Waals surface area contributed by atoms with Gasteiger partial charge in [-0.05, 0) is 145 Å². The number of aliphatic hydroxyl groups excluding tert-OH is 2. The number of rotatable bonds is 8. The average Bonchev–Trinajstić information content (AvgIpc) is 4.43. The average molecular weight is 1090 g/mol. The van der Waals surface area contributed by atoms with Crippen molar-refractivity contribution in [3.8, 4) is 26.6 Å². The number of aryl methyl sites for hydroxylation is 1. The van der Waals surface area contributed by atoms with Crippen LogP contribution in [0.5, 0.6) is 5.75 Å². The maximum absolute atomic E-state index is 14.4. The van der Waals surface area contributed by atoms with Gasteiger partial charge in [0.2, 0.25) is 11.8 Å². The number of esters is 1. The summed E-state index contributed by atoms with van der Waals surface area (Å²) in [7, 11) is 3.47. The van der Waals surface area contributed by atoms with Gasteiger partial charge in [-0.25, -0.2) is 4.39 Å². The summed E-state index contributed by atoms with van der Waals surface area (Å²) in [6, 6.07) is 43.5. The molecular formula is C65H68FN3O7S2. The molecule has 4 aromatic carbocycles. The number of thiophene rings is 2. The van der Waals surface area contributed by atoms with Gasteiger partial charge in [-0.15, -0.1) is 22.7 Å². The number of likely N-dealkylation sites (tertiary alicyclic amines) is 2. The van der Waals surface area contributed by atoms with E-state index in [1.165, 1.54) is 47.8 Å². The normalized spacial score (nSPS) is 27.9. The Bertz CT molecular complexity index is 3260. The number of halogens is 1. The number of likely N-dealkylation sites (N-methyl/N-ethyl adjacent to an activating group) is 2. The summed E-state index contributed by atoms with van der Waals surface area (Å²) in [5, 5.41) is 32.0. The van der Waals surface area contributed by atoms with Gasteiger partial charge in [0, 0.05) is 88.1 Å². The van der Waals surface area contributed by atoms with Gasteiger partial charge in [-0.3, -0.25) is 19.4 Å². The molecule has 3 aliphatic heterocycles. The molecule has 78 heavy (non-hydrogen) atoms. The van der Waals surface area contributed by atoms with Crippen LogP contribution >= 0.6 is 22.7 Å². The molecule has 3 N–H and O–H groups in total. The summed E-state index contributed by atoms with van der Waals surface area (Å²) in [6.07, 6.45) is 12.2. The number of hydrogen-bond donors (Lipinski definition) is 3. The van der Waals surface area contributed by atoms with Gasteiger partial charge in [-0.1, -0.05) is 97.9 Å². The molecule has 3 aromatic heterocycles. The van der Waals surface area contributed by atoms with Crippen molar-refractivity contribution in [2.75, 3.05) is 14.1 Å². The zero-order chi connectivity index (χ0) is 54.3. The molecule has 3 aliphatic carbocycles. The lowest BCUT2D eigenvalue weighted by atomic mass is 9.52. The van der Waals surface area contributed by atoms with Gasteiger partial charge in [0.05, 0.1) is 12.1 Å². The van der Waals surface area contributed by atoms with E-state index in [9.17, 15) is 34.1 Å². The van der Waals surface area contributed by atoms with Crippen molar-refractivity contribution < 1.29 is 38.8 Å². The summed E-state index contributed by atoms with van der Waals surface area (Å²) in [5.41, 5.74) is 6.48. The lowest BCUT2D eigenvalue weighted by molar-refractivity contribution is -0.190. The van der Waals surface area contributed by atoms with E-state index in [0.29, 0.717) is 41.9 Å². The highest BCUT2D eigenvalue weighted by atomic mass is 32.1. The van der Waals surface area contributed by atoms with E-state index >= 15 is 0 Å². The molecule has 0 radical (unpaired) electrons. The van der Waals surface area contributed by atoms with E-state index in [4.69, 9.17) is 4.74 Å². The second kappa shape index (κ2) is 22.3. The topological polar surface area (TPSA) is 140 Å². The molecular weight excluding hydrogens is 1020 g/mol. The van der Waals surface area contributed by atoms with E-state index < -0.39 is 18.2 Å². The first kappa shape index (κ1) is 53.5. The van der Waals surface area contributed by atoms with E-state index in [1.807, 2.05) is 115 Å². The molecule has 404 valence electrons. The molecule has 2 saturated carbocycles. The maximum atomic E-state index is 14.4. The van der Waals surface area contributed by atoms with Crippen molar-refractivity contribution >= 4 is 40.5 Å². The summed E-state index contributed by atoms with van der Waals surface area (Å²) < 4.78 is 20.5. The first-order valence-electron chi connectivity index (χ1n) is 27.6. The number of aromatic nitrogens is 1. The molecule has 5 fully saturated rings. The molecule has 6 heterocycles. The highest BCUT2D eigenvalue weighted by Gasteiger charge is 2.64. The Morgan fingerprint density at radius 1 is 0.654 bits per heavy atom. The number of aliphatic hydroxyl groups is 2. The van der Waals surface area contributed by atoms with Crippen LogP contribution in [0.2, 0.25) is 0 Å². The fraction of sp³-hybridized carbons (Fsp3) is 0.385. The molecule has 10 nitrogen and oxygen atoms in total. The molecule has 7 aromatic rings. The minimum Gasteiger partial charge on any atom is -0.508 e. The number of nitrogens with zero attached hydrogens (tertiary/aromatic N) is 3. The van der Waals surface area contributed by atoms with Gasteiger partial charge in [0.25, 0.3) is 0 Å². The third-order valence-electron chi connectivity index (χ3n) is 18.6. The minimum atomic E-state index is -0.867. The number of benzene rings is 4. The van der Waals surface area contributed by atoms with Crippen molar-refractivity contribution in [3.05, 3.63) is 190 Å². The smallest absolute Gasteiger partial charge is 0.306 e. The predicted octanol–water partition coefficient (Wildman–Crippen LogP) is 13.2. The van der Waals surface area contributed by atoms with Crippen LogP contribution in [0.25, 0.3) is 20.9 Å². The van der Waals surface area contributed by atoms with E-state index in [2.05, 4.69) is 18.0 Å². The zero-order valence-electron chi connectivity index (χ0n) is 44.4. The van der Waals surface area contributed by atoms with Crippen molar-refractivity contribution in [1.29, 1.82) is 0 Å². The maximum Gasteiger partial charge on any atom is 0.306 e. The number of fused-ring (bicyclic) bond motifs is 6. The molecule has 13 heteroatoms. The third kappa shape index (κ3) is 10.1. The number of phenols is 1. The van der Waals surface area contributed by atoms with Crippen LogP contribution in [-0.2, 0) is 25.5 Å². The van der Waals surface area contributed by atoms with Crippen molar-refractivity contribution in [3.63, 3.8) is 0 Å². The summed E-state index contributed by atoms with van der Waals surface area (Å²) >= 11 is 3.06. The van der Waals surface area contributed by atoms with Crippen LogP contribution in [0.4, 0.5) is 4.39 Å². The fourth-order valence-corrected chi connectivity index (χ4v) is 16.7. The van der Waals surface area contributed by atoms with Crippen LogP contribution in [0.3, 0.4) is 0 Å². The minimum absolute atomic E-state index is 0.00681. The van der Waals surface area contributed by atoms with Crippen molar-refractivity contribution in [1.82, 2.24) is 14.8 Å². The van der Waals surface area contributed by atoms with Gasteiger partial charge in [0.1, 0.15) is 29.4 Å². The van der Waals surface area contributed by atoms with Gasteiger partial charge in [-0.2, -0.15) is 0 Å². The molecule has 6 aliphatic rings. The first-order chi connectivity index (χ1) is 37.7. The van der Waals surface area contributed by atoms with Crippen LogP contribution in [0.1, 0.15) is 133 Å². The number of hydrogen-bond acceptors (Lipinski definition) is 10. The lowest BCUT2D eigenvalue weighted by Crippen LogP contribution is -2.54. The monoisotopic (exact) mass is 1090 g/mol. The summed E-state index contributed by atoms with van der Waals surface area (Å²) in [6.45, 7) is 2.42. The molecule has 1 spiro atoms. The Kier molecular flexibility index (Phi) is 15.3. The number of pyridine rings is 1. The van der Waals surface area contributed by atoms with Crippen LogP contribution in [0, 0.1) is 23.1 Å². The Hall–Kier alpha value is -6.51. The quantitative estimate of drug-likeness (QED) is 0.128. The molecule has 3 unspecified atom stereocenters. The number of carbonyl (C=O) groups excluding carboxylic acids is 3. The molecule has 0 bridgehead atoms. The Balaban J connectivity index is 0.000000124. The number of carbonyl (C=O) groups is 3. The fourth-order valence-electron chi connectivity index (χ4n) is 14.6. The molecule has 11 atom stereocenters. The second-order valence-corrected chi connectivity index (χ2v) is 24.8. The van der Waals surface area contributed by atoms with E-state index in [0.717, 1.165) is 68.3 Å². The Morgan fingerprint density at radius 2 is 1.28 bits per heavy atom. The van der Waals surface area contributed by atoms with Gasteiger partial charge < -0.3 is 29.9 Å². The second-order valence-electron chi connectivity index (χ2n) is 22.6. The molecule has 13 rings (SSSR count). The van der Waals surface area contributed by atoms with E-state index in [1.54, 1.807) is 59.6 Å². The lowest BCUT2D eigenvalue weighted by Gasteiger charge is -2.55. The SMILES string of the molecule is CN1C(=O)C[C@H](c2ccccc2)[C@@H]1[C@H](O)c1ccc(-c2cccnc2)s1.CN1C(=O)C[C@H](c2ccccc2F)[C@@H]1[C@H](O)c1ccc(-c2ccccc2)s1.C[C@]12CCC3c4ccc(O)cc4CCC3C1CC[C@@]21CCCC(=O)O1. The third-order valence-corrected chi connectivity index (χ3v) is 21.0. The Labute approximate surface area is 464 Å². The largest absolute Gasteiger partial charge is 0.508 e. The molecule has 3 saturated heterocycles. The standard InChI is InChI=1S/C22H20FNO2S.C22H28O3.C21H20N2O2S/c1-24-20(25)13-16(15-9-5-6-10-17(15)23)21(24)22(26)19-12-11-18(27-19)14-7-3-2-4-8-14;1-21-11-8-17-16-7-5-15(23)13-14(16)4-6-18(17)19(21)9-12-22(21)10-2-3-20(24)25-22;1-23-19(24)12-16(14-6-3-2-4-7-14)20(23)21(25)18-10-9-17(26-18)15-8-5-11-22-13-15/h2-12,16,21-22,26H,13H2,1H3;5,7,13,17-19,23H,2-4,6,8-12H2,1H3;2-11,13,16,20-21,25H,12H2,1H3/t16-,21-,22-;17?,18?,19?,21-,22-;16-,20-,21-/m101/s1. The van der Waals surface area contributed by atoms with Gasteiger partial charge in [0.15, 0.2) is 0 Å². The summed E-state index contributed by atoms with van der Waals surface area (Å²) in [5.74, 6) is 1.70. The van der Waals surface area contributed by atoms with Crippen molar-refractivity contribution in [2.24, 2.45) is 17.3 Å². The van der Waals surface area contributed by atoms with Crippen LogP contribution < -0.4 is 0 Å². The Morgan fingerprint density at radius 3 is 1.95 bits per heavy atom. The number of ether oxygens (including phenoxy) is 1. The summed E-state index contributed by atoms with van der Waals surface area (Å²) in [4.78, 5) is 47.9. The number of aromatic hydroxyl groups is 1. The molecule has 2 amide bonds. The van der Waals surface area contributed by atoms with E-state index in [-0.39, 0.29) is 58.9 Å². The number of phenolic OH excluding ortho intramolecular Hbond substituents is 1. The highest BCUT2D eigenvalue weighted by Crippen LogP contribution is 2.67.